The van der Waals surface area contributed by atoms with E-state index in [1.54, 1.807) is 4.90 Å². The van der Waals surface area contributed by atoms with Crippen molar-refractivity contribution in [3.63, 3.8) is 0 Å². The molecule has 5 N–H and O–H groups in total. The number of anilines is 3. The van der Waals surface area contributed by atoms with Crippen LogP contribution in [0.2, 0.25) is 0 Å². The molecule has 0 aliphatic carbocycles. The van der Waals surface area contributed by atoms with Crippen molar-refractivity contribution in [3.8, 4) is 6.07 Å². The van der Waals surface area contributed by atoms with Gasteiger partial charge in [-0.25, -0.2) is 4.98 Å². The fourth-order valence-corrected chi connectivity index (χ4v) is 4.06. The predicted octanol–water partition coefficient (Wildman–Crippen LogP) is 1.81. The molecule has 2 aliphatic rings. The lowest BCUT2D eigenvalue weighted by molar-refractivity contribution is -0.431. The van der Waals surface area contributed by atoms with Gasteiger partial charge in [-0.2, -0.15) is 5.26 Å². The summed E-state index contributed by atoms with van der Waals surface area (Å²) in [6.07, 6.45) is 1.55. The molecule has 1 fully saturated rings. The quantitative estimate of drug-likeness (QED) is 0.485. The summed E-state index contributed by atoms with van der Waals surface area (Å²) < 4.78 is 0. The van der Waals surface area contributed by atoms with Gasteiger partial charge in [0.05, 0.1) is 15.5 Å². The number of allylic oxidation sites excluding steroid dienone is 1. The van der Waals surface area contributed by atoms with Gasteiger partial charge in [0, 0.05) is 30.8 Å². The van der Waals surface area contributed by atoms with Crippen molar-refractivity contribution in [2.45, 2.75) is 18.8 Å². The zero-order valence-corrected chi connectivity index (χ0v) is 16.2. The molecule has 1 unspecified atom stereocenters. The smallest absolute Gasteiger partial charge is 0.298 e. The average Bonchev–Trinajstić information content (AvgIpc) is 2.99. The second kappa shape index (κ2) is 7.45. The molecule has 0 saturated carbocycles. The van der Waals surface area contributed by atoms with Crippen LogP contribution in [0.4, 0.5) is 23.0 Å². The van der Waals surface area contributed by atoms with Crippen LogP contribution in [0.25, 0.3) is 0 Å². The molecule has 158 valence electrons. The lowest BCUT2D eigenvalue weighted by Crippen LogP contribution is -2.40. The van der Waals surface area contributed by atoms with Crippen LogP contribution in [-0.4, -0.2) is 27.9 Å². The van der Waals surface area contributed by atoms with E-state index >= 15 is 0 Å². The molecule has 31 heavy (non-hydrogen) atoms. The highest BCUT2D eigenvalue weighted by Gasteiger charge is 2.45. The zero-order valence-electron chi connectivity index (χ0n) is 16.2. The molecule has 1 aromatic carbocycles. The summed E-state index contributed by atoms with van der Waals surface area (Å²) in [5.41, 5.74) is 12.6. The minimum atomic E-state index is -0.997. The van der Waals surface area contributed by atoms with Crippen LogP contribution in [0.1, 0.15) is 35.4 Å². The Hall–Kier alpha value is -4.40. The summed E-state index contributed by atoms with van der Waals surface area (Å²) in [5, 5.41) is 35.9. The average molecular weight is 422 g/mol. The first-order chi connectivity index (χ1) is 14.8. The van der Waals surface area contributed by atoms with E-state index in [-0.39, 0.29) is 34.3 Å². The Bertz CT molecular complexity index is 1170. The van der Waals surface area contributed by atoms with Crippen LogP contribution >= 0.6 is 0 Å². The van der Waals surface area contributed by atoms with Gasteiger partial charge in [0.25, 0.3) is 11.4 Å². The van der Waals surface area contributed by atoms with Crippen molar-refractivity contribution in [3.05, 3.63) is 72.7 Å². The molecule has 1 atom stereocenters. The van der Waals surface area contributed by atoms with Gasteiger partial charge in [-0.3, -0.25) is 20.2 Å². The van der Waals surface area contributed by atoms with Gasteiger partial charge in [0.1, 0.15) is 29.2 Å². The number of nitro benzene ring substituents is 1. The lowest BCUT2D eigenvalue weighted by Gasteiger charge is -2.35. The third-order valence-electron chi connectivity index (χ3n) is 5.46. The number of nitrogen functional groups attached to an aromatic ring is 2. The number of rotatable bonds is 3. The van der Waals surface area contributed by atoms with Crippen LogP contribution < -0.4 is 21.7 Å². The summed E-state index contributed by atoms with van der Waals surface area (Å²) in [7, 11) is 0. The maximum absolute atomic E-state index is 12.2. The molecule has 1 aromatic heterocycles. The van der Waals surface area contributed by atoms with Crippen molar-refractivity contribution in [2.75, 3.05) is 29.5 Å². The fourth-order valence-electron chi connectivity index (χ4n) is 4.06. The monoisotopic (exact) mass is 422 g/mol. The van der Waals surface area contributed by atoms with Crippen molar-refractivity contribution in [1.29, 1.82) is 5.26 Å². The van der Waals surface area contributed by atoms with Crippen molar-refractivity contribution < 1.29 is 9.85 Å². The largest absolute Gasteiger partial charge is 0.397 e. The molecule has 3 heterocycles. The molecule has 2 aromatic rings. The molecular formula is C19H18N8O4. The number of nitrogens with one attached hydrogen (secondary N) is 1. The van der Waals surface area contributed by atoms with Gasteiger partial charge in [-0.05, 0) is 18.4 Å². The van der Waals surface area contributed by atoms with E-state index in [9.17, 15) is 25.5 Å². The highest BCUT2D eigenvalue weighted by atomic mass is 16.6. The highest BCUT2D eigenvalue weighted by molar-refractivity contribution is 5.79. The molecule has 4 rings (SSSR count). The molecule has 0 bridgehead atoms. The van der Waals surface area contributed by atoms with Gasteiger partial charge in [-0.15, -0.1) is 0 Å². The van der Waals surface area contributed by atoms with Gasteiger partial charge in [0.15, 0.2) is 5.82 Å². The molecule has 0 spiro atoms. The van der Waals surface area contributed by atoms with Gasteiger partial charge in [0.2, 0.25) is 0 Å². The number of non-ortho nitro benzene ring substituents is 1. The molecular weight excluding hydrogens is 404 g/mol. The first-order valence-electron chi connectivity index (χ1n) is 9.48. The minimum absolute atomic E-state index is 0.0102. The van der Waals surface area contributed by atoms with Crippen LogP contribution in [-0.2, 0) is 0 Å². The summed E-state index contributed by atoms with van der Waals surface area (Å²) in [6, 6.07) is 7.36. The van der Waals surface area contributed by atoms with Crippen LogP contribution in [0.15, 0.2) is 35.8 Å². The second-order valence-electron chi connectivity index (χ2n) is 7.19. The van der Waals surface area contributed by atoms with Gasteiger partial charge in [-0.1, -0.05) is 12.1 Å². The number of fused-ring (bicyclic) bond motifs is 3. The van der Waals surface area contributed by atoms with E-state index in [1.807, 2.05) is 6.07 Å². The normalized spacial score (nSPS) is 17.6. The van der Waals surface area contributed by atoms with E-state index in [1.165, 1.54) is 24.3 Å². The third-order valence-corrected chi connectivity index (χ3v) is 5.46. The number of nitrogens with zero attached hydrogens (tertiary/aromatic N) is 5. The highest BCUT2D eigenvalue weighted by Crippen LogP contribution is 2.48. The fraction of sp³-hybridized carbons (Fsp3) is 0.263. The summed E-state index contributed by atoms with van der Waals surface area (Å²) in [6.45, 7) is 0.990. The number of nitrogens with two attached hydrogens (primary N) is 2. The number of nitriles is 1. The van der Waals surface area contributed by atoms with E-state index in [0.717, 1.165) is 12.8 Å². The Morgan fingerprint density at radius 3 is 2.48 bits per heavy atom. The Kier molecular flexibility index (Phi) is 4.78. The maximum Gasteiger partial charge on any atom is 0.298 e. The van der Waals surface area contributed by atoms with Crippen molar-refractivity contribution in [1.82, 2.24) is 10.3 Å². The van der Waals surface area contributed by atoms with E-state index < -0.39 is 15.8 Å². The first-order valence-corrected chi connectivity index (χ1v) is 9.48. The zero-order chi connectivity index (χ0) is 22.3. The SMILES string of the molecule is N#Cc1c(N)nc2c(c1N)C(c1ccc([N+](=O)[O-])cc1)C([N+](=O)[O-])=C1NCCCCN12. The Labute approximate surface area is 176 Å². The first kappa shape index (κ1) is 19.9. The van der Waals surface area contributed by atoms with Crippen molar-refractivity contribution in [2.24, 2.45) is 0 Å². The number of benzene rings is 1. The van der Waals surface area contributed by atoms with Gasteiger partial charge < -0.3 is 21.7 Å². The van der Waals surface area contributed by atoms with Crippen molar-refractivity contribution >= 4 is 23.0 Å². The molecule has 1 saturated heterocycles. The van der Waals surface area contributed by atoms with E-state index in [4.69, 9.17) is 11.5 Å². The predicted molar refractivity (Wildman–Crippen MR) is 111 cm³/mol. The van der Waals surface area contributed by atoms with Gasteiger partial charge >= 0.3 is 0 Å². The molecule has 12 heteroatoms. The number of nitro groups is 2. The second-order valence-corrected chi connectivity index (χ2v) is 7.19. The number of pyridine rings is 1. The number of hydrogen-bond acceptors (Lipinski definition) is 10. The van der Waals surface area contributed by atoms with Crippen LogP contribution in [0.3, 0.4) is 0 Å². The lowest BCUT2D eigenvalue weighted by atomic mass is 9.84. The number of hydrogen-bond donors (Lipinski definition) is 3. The standard InChI is InChI=1S/C19H18N8O4/c20-9-12-15(21)14-13(10-3-5-11(6-4-10)26(28)29)16(27(30)31)19-23-7-1-2-8-25(19)18(14)24-17(12)22/h3-6,13,23H,1-2,7-8H2,(H4,21,22,24). The molecule has 2 aliphatic heterocycles. The summed E-state index contributed by atoms with van der Waals surface area (Å²) in [4.78, 5) is 28.3. The van der Waals surface area contributed by atoms with Crippen LogP contribution in [0, 0.1) is 31.6 Å². The summed E-state index contributed by atoms with van der Waals surface area (Å²) >= 11 is 0. The van der Waals surface area contributed by atoms with Crippen LogP contribution in [0.5, 0.6) is 0 Å². The molecule has 0 amide bonds. The topological polar surface area (TPSA) is 190 Å². The van der Waals surface area contributed by atoms with E-state index in [0.29, 0.717) is 30.0 Å². The summed E-state index contributed by atoms with van der Waals surface area (Å²) in [5.74, 6) is -0.432. The molecule has 0 radical (unpaired) electrons. The third kappa shape index (κ3) is 3.12. The Morgan fingerprint density at radius 2 is 1.87 bits per heavy atom. The number of aromatic nitrogens is 1. The minimum Gasteiger partial charge on any atom is -0.397 e. The Balaban J connectivity index is 2.05. The maximum atomic E-state index is 12.2. The molecule has 12 nitrogen and oxygen atoms in total. The Morgan fingerprint density at radius 1 is 1.16 bits per heavy atom. The van der Waals surface area contributed by atoms with E-state index in [2.05, 4.69) is 10.3 Å².